The fourth-order valence-corrected chi connectivity index (χ4v) is 1.80. The zero-order valence-corrected chi connectivity index (χ0v) is 13.8. The van der Waals surface area contributed by atoms with Gasteiger partial charge >= 0.3 is 12.1 Å². The summed E-state index contributed by atoms with van der Waals surface area (Å²) in [5.74, 6) is -1.12. The molecule has 1 aromatic rings. The SMILES string of the molecule is CCC(C)n1cnc(C[C@H](NC(=O)OC(C)(C)C)C(=O)O)c1. The fraction of sp³-hybridized carbons (Fsp3) is 0.667. The molecule has 1 amide bonds. The smallest absolute Gasteiger partial charge is 0.408 e. The first-order valence-electron chi connectivity index (χ1n) is 7.37. The Hall–Kier alpha value is -2.05. The Morgan fingerprint density at radius 1 is 1.45 bits per heavy atom. The predicted octanol–water partition coefficient (Wildman–Crippen LogP) is 2.37. The lowest BCUT2D eigenvalue weighted by Crippen LogP contribution is -2.44. The number of carbonyl (C=O) groups is 2. The van der Waals surface area contributed by atoms with E-state index in [1.54, 1.807) is 33.3 Å². The van der Waals surface area contributed by atoms with Gasteiger partial charge in [0.25, 0.3) is 0 Å². The van der Waals surface area contributed by atoms with E-state index in [9.17, 15) is 14.7 Å². The topological polar surface area (TPSA) is 93.5 Å². The van der Waals surface area contributed by atoms with Gasteiger partial charge in [0.1, 0.15) is 11.6 Å². The van der Waals surface area contributed by atoms with Gasteiger partial charge in [-0.25, -0.2) is 14.6 Å². The largest absolute Gasteiger partial charge is 0.480 e. The Morgan fingerprint density at radius 2 is 2.09 bits per heavy atom. The molecule has 0 fully saturated rings. The van der Waals surface area contributed by atoms with Crippen LogP contribution in [0.2, 0.25) is 0 Å². The maximum atomic E-state index is 11.7. The molecular formula is C15H25N3O4. The minimum absolute atomic E-state index is 0.109. The molecule has 0 aliphatic rings. The first-order chi connectivity index (χ1) is 10.1. The molecule has 124 valence electrons. The number of alkyl carbamates (subject to hydrolysis) is 1. The minimum Gasteiger partial charge on any atom is -0.480 e. The maximum absolute atomic E-state index is 11.7. The predicted molar refractivity (Wildman–Crippen MR) is 81.7 cm³/mol. The van der Waals surface area contributed by atoms with Crippen molar-refractivity contribution in [2.45, 2.75) is 65.1 Å². The molecule has 1 aromatic heterocycles. The molecule has 7 nitrogen and oxygen atoms in total. The van der Waals surface area contributed by atoms with E-state index in [0.717, 1.165) is 6.42 Å². The summed E-state index contributed by atoms with van der Waals surface area (Å²) in [6, 6.07) is -0.779. The van der Waals surface area contributed by atoms with Crippen molar-refractivity contribution in [2.75, 3.05) is 0 Å². The molecule has 0 saturated heterocycles. The van der Waals surface area contributed by atoms with Gasteiger partial charge in [0.15, 0.2) is 0 Å². The summed E-state index contributed by atoms with van der Waals surface area (Å²) in [5, 5.41) is 11.6. The van der Waals surface area contributed by atoms with Crippen molar-refractivity contribution in [1.82, 2.24) is 14.9 Å². The number of hydrogen-bond donors (Lipinski definition) is 2. The third-order valence-corrected chi connectivity index (χ3v) is 3.16. The Balaban J connectivity index is 2.70. The second-order valence-electron chi connectivity index (χ2n) is 6.31. The molecule has 0 aromatic carbocycles. The molecule has 1 rings (SSSR count). The van der Waals surface area contributed by atoms with Crippen molar-refractivity contribution < 1.29 is 19.4 Å². The second kappa shape index (κ2) is 7.29. The summed E-state index contributed by atoms with van der Waals surface area (Å²) in [5.41, 5.74) is -0.0607. The van der Waals surface area contributed by atoms with Gasteiger partial charge in [-0.2, -0.15) is 0 Å². The van der Waals surface area contributed by atoms with E-state index in [4.69, 9.17) is 4.74 Å². The number of aromatic nitrogens is 2. The van der Waals surface area contributed by atoms with Crippen LogP contribution in [0.4, 0.5) is 4.79 Å². The lowest BCUT2D eigenvalue weighted by atomic mass is 10.1. The van der Waals surface area contributed by atoms with Crippen LogP contribution in [-0.4, -0.2) is 38.4 Å². The molecule has 7 heteroatoms. The second-order valence-corrected chi connectivity index (χ2v) is 6.31. The first kappa shape index (κ1) is 18.0. The number of hydrogen-bond acceptors (Lipinski definition) is 4. The summed E-state index contributed by atoms with van der Waals surface area (Å²) < 4.78 is 7.01. The van der Waals surface area contributed by atoms with E-state index in [2.05, 4.69) is 24.1 Å². The minimum atomic E-state index is -1.12. The number of amides is 1. The molecule has 0 bridgehead atoms. The molecular weight excluding hydrogens is 286 g/mol. The van der Waals surface area contributed by atoms with Gasteiger partial charge in [-0.3, -0.25) is 0 Å². The molecule has 1 unspecified atom stereocenters. The highest BCUT2D eigenvalue weighted by Gasteiger charge is 2.25. The quantitative estimate of drug-likeness (QED) is 0.841. The normalized spacial score (nSPS) is 14.2. The van der Waals surface area contributed by atoms with E-state index in [0.29, 0.717) is 11.7 Å². The molecule has 2 atom stereocenters. The van der Waals surface area contributed by atoms with Crippen molar-refractivity contribution in [3.8, 4) is 0 Å². The van der Waals surface area contributed by atoms with Gasteiger partial charge in [-0.15, -0.1) is 0 Å². The van der Waals surface area contributed by atoms with Gasteiger partial charge < -0.3 is 19.7 Å². The average Bonchev–Trinajstić information content (AvgIpc) is 2.83. The summed E-state index contributed by atoms with van der Waals surface area (Å²) >= 11 is 0. The van der Waals surface area contributed by atoms with E-state index < -0.39 is 23.7 Å². The van der Waals surface area contributed by atoms with Crippen LogP contribution < -0.4 is 5.32 Å². The highest BCUT2D eigenvalue weighted by Crippen LogP contribution is 2.12. The van der Waals surface area contributed by atoms with Crippen LogP contribution in [0.25, 0.3) is 0 Å². The Bertz CT molecular complexity index is 519. The Morgan fingerprint density at radius 3 is 2.59 bits per heavy atom. The summed E-state index contributed by atoms with van der Waals surface area (Å²) in [7, 11) is 0. The van der Waals surface area contributed by atoms with Crippen LogP contribution in [0, 0.1) is 0 Å². The third kappa shape index (κ3) is 5.75. The lowest BCUT2D eigenvalue weighted by molar-refractivity contribution is -0.139. The molecule has 0 aliphatic heterocycles. The van der Waals surface area contributed by atoms with Crippen LogP contribution in [0.5, 0.6) is 0 Å². The number of nitrogens with zero attached hydrogens (tertiary/aromatic N) is 2. The summed E-state index contributed by atoms with van der Waals surface area (Å²) in [6.07, 6.45) is 3.80. The number of carboxylic acid groups (broad SMARTS) is 1. The zero-order valence-electron chi connectivity index (χ0n) is 13.8. The number of carboxylic acids is 1. The van der Waals surface area contributed by atoms with Crippen molar-refractivity contribution in [3.63, 3.8) is 0 Å². The highest BCUT2D eigenvalue weighted by atomic mass is 16.6. The average molecular weight is 311 g/mol. The summed E-state index contributed by atoms with van der Waals surface area (Å²) in [6.45, 7) is 9.27. The van der Waals surface area contributed by atoms with E-state index in [1.807, 2.05) is 4.57 Å². The summed E-state index contributed by atoms with van der Waals surface area (Å²) in [4.78, 5) is 27.2. The standard InChI is InChI=1S/C15H25N3O4/c1-6-10(2)18-8-11(16-9-18)7-12(13(19)20)17-14(21)22-15(3,4)5/h8-10,12H,6-7H2,1-5H3,(H,17,21)(H,19,20)/t10?,12-/m0/s1. The van der Waals surface area contributed by atoms with Crippen LogP contribution >= 0.6 is 0 Å². The number of ether oxygens (including phenoxy) is 1. The molecule has 0 aliphatic carbocycles. The number of rotatable bonds is 6. The van der Waals surface area contributed by atoms with Crippen LogP contribution in [0.15, 0.2) is 12.5 Å². The van der Waals surface area contributed by atoms with Crippen molar-refractivity contribution in [3.05, 3.63) is 18.2 Å². The number of nitrogens with one attached hydrogen (secondary N) is 1. The fourth-order valence-electron chi connectivity index (χ4n) is 1.80. The number of imidazole rings is 1. The van der Waals surface area contributed by atoms with Crippen molar-refractivity contribution in [2.24, 2.45) is 0 Å². The Kier molecular flexibility index (Phi) is 5.96. The Labute approximate surface area is 130 Å². The van der Waals surface area contributed by atoms with Gasteiger partial charge in [-0.1, -0.05) is 6.92 Å². The van der Waals surface area contributed by atoms with Crippen LogP contribution in [0.3, 0.4) is 0 Å². The lowest BCUT2D eigenvalue weighted by Gasteiger charge is -2.21. The molecule has 0 spiro atoms. The molecule has 22 heavy (non-hydrogen) atoms. The zero-order chi connectivity index (χ0) is 16.9. The van der Waals surface area contributed by atoms with E-state index in [-0.39, 0.29) is 6.42 Å². The monoisotopic (exact) mass is 311 g/mol. The van der Waals surface area contributed by atoms with Crippen molar-refractivity contribution in [1.29, 1.82) is 0 Å². The number of aliphatic carboxylic acids is 1. The molecule has 0 saturated carbocycles. The molecule has 1 heterocycles. The van der Waals surface area contributed by atoms with E-state index >= 15 is 0 Å². The van der Waals surface area contributed by atoms with Crippen LogP contribution in [0.1, 0.15) is 52.8 Å². The van der Waals surface area contributed by atoms with Gasteiger partial charge in [0.2, 0.25) is 0 Å². The highest BCUT2D eigenvalue weighted by molar-refractivity contribution is 5.80. The first-order valence-corrected chi connectivity index (χ1v) is 7.37. The molecule has 0 radical (unpaired) electrons. The molecule has 2 N–H and O–H groups in total. The van der Waals surface area contributed by atoms with Gasteiger partial charge in [0, 0.05) is 18.7 Å². The van der Waals surface area contributed by atoms with Gasteiger partial charge in [0.05, 0.1) is 12.0 Å². The third-order valence-electron chi connectivity index (χ3n) is 3.16. The number of carbonyl (C=O) groups excluding carboxylic acids is 1. The van der Waals surface area contributed by atoms with Crippen molar-refractivity contribution >= 4 is 12.1 Å². The van der Waals surface area contributed by atoms with Crippen LogP contribution in [-0.2, 0) is 16.0 Å². The maximum Gasteiger partial charge on any atom is 0.408 e. The van der Waals surface area contributed by atoms with Gasteiger partial charge in [-0.05, 0) is 34.1 Å². The van der Waals surface area contributed by atoms with E-state index in [1.165, 1.54) is 0 Å².